The summed E-state index contributed by atoms with van der Waals surface area (Å²) in [5.74, 6) is 1.16. The lowest BCUT2D eigenvalue weighted by molar-refractivity contribution is -0.131. The van der Waals surface area contributed by atoms with Crippen molar-refractivity contribution in [2.75, 3.05) is 17.2 Å². The highest BCUT2D eigenvalue weighted by Gasteiger charge is 2.19. The summed E-state index contributed by atoms with van der Waals surface area (Å²) in [4.78, 5) is 20.6. The SMILES string of the molecule is CC(=O)Oc1ccccc1CNc1nc(NC(CO)C(C)C)nc2c1nnn2C(C)C. The summed E-state index contributed by atoms with van der Waals surface area (Å²) in [6, 6.07) is 7.15. The zero-order valence-corrected chi connectivity index (χ0v) is 18.5. The predicted octanol–water partition coefficient (Wildman–Crippen LogP) is 2.77. The molecule has 0 amide bonds. The monoisotopic (exact) mass is 427 g/mol. The number of carbonyl (C=O) groups excluding carboxylic acids is 1. The van der Waals surface area contributed by atoms with Gasteiger partial charge >= 0.3 is 5.97 Å². The number of fused-ring (bicyclic) bond motifs is 1. The van der Waals surface area contributed by atoms with Crippen molar-refractivity contribution in [3.63, 3.8) is 0 Å². The molecule has 3 rings (SSSR count). The predicted molar refractivity (Wildman–Crippen MR) is 118 cm³/mol. The van der Waals surface area contributed by atoms with E-state index in [1.807, 2.05) is 45.9 Å². The highest BCUT2D eigenvalue weighted by atomic mass is 16.5. The first kappa shape index (κ1) is 22.4. The molecule has 1 unspecified atom stereocenters. The van der Waals surface area contributed by atoms with Gasteiger partial charge in [0, 0.05) is 19.0 Å². The fourth-order valence-electron chi connectivity index (χ4n) is 3.04. The van der Waals surface area contributed by atoms with Crippen LogP contribution in [0.5, 0.6) is 5.75 Å². The molecule has 3 N–H and O–H groups in total. The van der Waals surface area contributed by atoms with E-state index >= 15 is 0 Å². The highest BCUT2D eigenvalue weighted by Crippen LogP contribution is 2.25. The molecule has 0 aliphatic carbocycles. The minimum atomic E-state index is -0.382. The van der Waals surface area contributed by atoms with Crippen molar-refractivity contribution in [3.05, 3.63) is 29.8 Å². The lowest BCUT2D eigenvalue weighted by atomic mass is 10.1. The van der Waals surface area contributed by atoms with E-state index < -0.39 is 0 Å². The van der Waals surface area contributed by atoms with Crippen molar-refractivity contribution in [1.82, 2.24) is 25.0 Å². The minimum Gasteiger partial charge on any atom is -0.426 e. The standard InChI is InChI=1S/C21H29N7O3/c1-12(2)16(11-29)23-21-24-19(18-20(25-21)28(13(3)4)27-26-18)22-10-15-8-6-7-9-17(15)31-14(5)30/h6-9,12-13,16,29H,10-11H2,1-5H3,(H2,22,23,24,25). The maximum atomic E-state index is 11.4. The number of benzene rings is 1. The smallest absolute Gasteiger partial charge is 0.308 e. The summed E-state index contributed by atoms with van der Waals surface area (Å²) >= 11 is 0. The van der Waals surface area contributed by atoms with Crippen LogP contribution in [0.25, 0.3) is 11.2 Å². The van der Waals surface area contributed by atoms with Gasteiger partial charge < -0.3 is 20.5 Å². The van der Waals surface area contributed by atoms with E-state index in [4.69, 9.17) is 4.74 Å². The highest BCUT2D eigenvalue weighted by molar-refractivity contribution is 5.83. The van der Waals surface area contributed by atoms with E-state index in [1.165, 1.54) is 6.92 Å². The summed E-state index contributed by atoms with van der Waals surface area (Å²) in [7, 11) is 0. The number of aliphatic hydroxyl groups excluding tert-OH is 1. The third kappa shape index (κ3) is 5.26. The molecule has 0 radical (unpaired) electrons. The second-order valence-corrected chi connectivity index (χ2v) is 7.93. The molecule has 0 bridgehead atoms. The molecule has 31 heavy (non-hydrogen) atoms. The van der Waals surface area contributed by atoms with Crippen LogP contribution >= 0.6 is 0 Å². The fourth-order valence-corrected chi connectivity index (χ4v) is 3.04. The fraction of sp³-hybridized carbons (Fsp3) is 0.476. The maximum Gasteiger partial charge on any atom is 0.308 e. The van der Waals surface area contributed by atoms with Gasteiger partial charge in [-0.15, -0.1) is 5.10 Å². The molecule has 1 aromatic carbocycles. The molecule has 166 valence electrons. The molecule has 0 spiro atoms. The number of anilines is 2. The van der Waals surface area contributed by atoms with Crippen LogP contribution in [0.3, 0.4) is 0 Å². The first-order valence-electron chi connectivity index (χ1n) is 10.3. The molecule has 10 heteroatoms. The lowest BCUT2D eigenvalue weighted by Gasteiger charge is -2.20. The number of nitrogens with zero attached hydrogens (tertiary/aromatic N) is 5. The number of esters is 1. The minimum absolute atomic E-state index is 0.0424. The number of aromatic nitrogens is 5. The third-order valence-electron chi connectivity index (χ3n) is 4.80. The van der Waals surface area contributed by atoms with Gasteiger partial charge in [-0.25, -0.2) is 4.68 Å². The maximum absolute atomic E-state index is 11.4. The van der Waals surface area contributed by atoms with Crippen molar-refractivity contribution in [3.8, 4) is 5.75 Å². The van der Waals surface area contributed by atoms with Crippen LogP contribution < -0.4 is 15.4 Å². The van der Waals surface area contributed by atoms with E-state index in [9.17, 15) is 9.90 Å². The third-order valence-corrected chi connectivity index (χ3v) is 4.80. The Kier molecular flexibility index (Phi) is 7.01. The lowest BCUT2D eigenvalue weighted by Crippen LogP contribution is -2.30. The molecular weight excluding hydrogens is 398 g/mol. The van der Waals surface area contributed by atoms with Crippen molar-refractivity contribution >= 4 is 28.9 Å². The van der Waals surface area contributed by atoms with Gasteiger partial charge in [0.25, 0.3) is 0 Å². The quantitative estimate of drug-likeness (QED) is 0.349. The Hall–Kier alpha value is -3.27. The molecule has 0 saturated heterocycles. The molecule has 0 saturated carbocycles. The molecule has 10 nitrogen and oxygen atoms in total. The zero-order valence-electron chi connectivity index (χ0n) is 18.5. The topological polar surface area (TPSA) is 127 Å². The Bertz CT molecular complexity index is 1050. The van der Waals surface area contributed by atoms with Gasteiger partial charge in [0.2, 0.25) is 5.95 Å². The van der Waals surface area contributed by atoms with E-state index in [0.29, 0.717) is 35.2 Å². The van der Waals surface area contributed by atoms with Gasteiger partial charge in [0.15, 0.2) is 17.0 Å². The largest absolute Gasteiger partial charge is 0.426 e. The van der Waals surface area contributed by atoms with Crippen LogP contribution in [0.4, 0.5) is 11.8 Å². The van der Waals surface area contributed by atoms with E-state index in [2.05, 4.69) is 30.9 Å². The van der Waals surface area contributed by atoms with Gasteiger partial charge in [-0.2, -0.15) is 9.97 Å². The number of rotatable bonds is 9. The first-order chi connectivity index (χ1) is 14.8. The normalized spacial score (nSPS) is 12.4. The molecular formula is C21H29N7O3. The Labute approximate surface area is 181 Å². The number of nitrogens with one attached hydrogen (secondary N) is 2. The molecule has 0 aliphatic heterocycles. The molecule has 3 aromatic rings. The van der Waals surface area contributed by atoms with E-state index in [1.54, 1.807) is 10.7 Å². The number of ether oxygens (including phenoxy) is 1. The van der Waals surface area contributed by atoms with Gasteiger partial charge in [-0.3, -0.25) is 4.79 Å². The van der Waals surface area contributed by atoms with E-state index in [-0.39, 0.29) is 30.6 Å². The van der Waals surface area contributed by atoms with Crippen LogP contribution in [-0.2, 0) is 11.3 Å². The van der Waals surface area contributed by atoms with Crippen molar-refractivity contribution in [1.29, 1.82) is 0 Å². The van der Waals surface area contributed by atoms with Gasteiger partial charge in [-0.1, -0.05) is 37.3 Å². The summed E-state index contributed by atoms with van der Waals surface area (Å²) in [6.45, 7) is 9.70. The number of hydrogen-bond acceptors (Lipinski definition) is 9. The van der Waals surface area contributed by atoms with Crippen LogP contribution in [0.1, 0.15) is 46.2 Å². The molecule has 0 aliphatic rings. The van der Waals surface area contributed by atoms with Crippen molar-refractivity contribution < 1.29 is 14.6 Å². The average molecular weight is 428 g/mol. The summed E-state index contributed by atoms with van der Waals surface area (Å²) in [6.07, 6.45) is 0. The second-order valence-electron chi connectivity index (χ2n) is 7.93. The molecule has 2 heterocycles. The number of para-hydroxylation sites is 1. The van der Waals surface area contributed by atoms with E-state index in [0.717, 1.165) is 5.56 Å². The first-order valence-corrected chi connectivity index (χ1v) is 10.3. The van der Waals surface area contributed by atoms with Gasteiger partial charge in [-0.05, 0) is 25.8 Å². The zero-order chi connectivity index (χ0) is 22.5. The number of aliphatic hydroxyl groups is 1. The summed E-state index contributed by atoms with van der Waals surface area (Å²) in [5, 5.41) is 24.6. The van der Waals surface area contributed by atoms with Crippen LogP contribution in [0.15, 0.2) is 24.3 Å². The summed E-state index contributed by atoms with van der Waals surface area (Å²) < 4.78 is 7.02. The van der Waals surface area contributed by atoms with Crippen molar-refractivity contribution in [2.45, 2.75) is 53.2 Å². The Morgan fingerprint density at radius 2 is 1.94 bits per heavy atom. The molecule has 2 aromatic heterocycles. The number of carbonyl (C=O) groups is 1. The second kappa shape index (κ2) is 9.69. The average Bonchev–Trinajstić information content (AvgIpc) is 3.15. The van der Waals surface area contributed by atoms with Gasteiger partial charge in [0.05, 0.1) is 18.7 Å². The Morgan fingerprint density at radius 1 is 1.19 bits per heavy atom. The summed E-state index contributed by atoms with van der Waals surface area (Å²) in [5.41, 5.74) is 1.92. The Balaban J connectivity index is 1.96. The molecule has 1 atom stereocenters. The Morgan fingerprint density at radius 3 is 2.58 bits per heavy atom. The van der Waals surface area contributed by atoms with Crippen LogP contribution in [-0.4, -0.2) is 48.7 Å². The molecule has 0 fully saturated rings. The van der Waals surface area contributed by atoms with Gasteiger partial charge in [0.1, 0.15) is 5.75 Å². The van der Waals surface area contributed by atoms with Crippen LogP contribution in [0.2, 0.25) is 0 Å². The van der Waals surface area contributed by atoms with Crippen LogP contribution in [0, 0.1) is 5.92 Å². The van der Waals surface area contributed by atoms with Crippen molar-refractivity contribution in [2.24, 2.45) is 5.92 Å². The number of hydrogen-bond donors (Lipinski definition) is 3.